The number of nitrogens with one attached hydrogen (secondary N) is 1. The lowest BCUT2D eigenvalue weighted by Crippen LogP contribution is -2.18. The highest BCUT2D eigenvalue weighted by molar-refractivity contribution is 5.67. The van der Waals surface area contributed by atoms with Crippen molar-refractivity contribution < 1.29 is 0 Å². The highest BCUT2D eigenvalue weighted by Gasteiger charge is 2.20. The monoisotopic (exact) mass is 306 g/mol. The van der Waals surface area contributed by atoms with E-state index in [1.165, 1.54) is 5.56 Å². The van der Waals surface area contributed by atoms with E-state index in [0.29, 0.717) is 0 Å². The maximum absolute atomic E-state index is 12.9. The predicted molar refractivity (Wildman–Crippen MR) is 95.4 cm³/mol. The quantitative estimate of drug-likeness (QED) is 0.756. The maximum Gasteiger partial charge on any atom is 0.275 e. The molecule has 0 aliphatic carbocycles. The standard InChI is InChI=1S/C20H22N2O/c1-13(2)18-19(17-8-6-5-7-15(17)4)21-22(20(18)23)16-11-9-14(3)10-12-16/h5-13,21H,1-4H3. The highest BCUT2D eigenvalue weighted by Crippen LogP contribution is 2.28. The molecule has 0 saturated heterocycles. The third kappa shape index (κ3) is 2.74. The molecule has 3 rings (SSSR count). The normalized spacial score (nSPS) is 11.2. The SMILES string of the molecule is Cc1ccc(-n2[nH]c(-c3ccccc3C)c(C(C)C)c2=O)cc1. The van der Waals surface area contributed by atoms with Crippen molar-refractivity contribution in [3.8, 4) is 16.9 Å². The molecule has 1 N–H and O–H groups in total. The molecular weight excluding hydrogens is 284 g/mol. The van der Waals surface area contributed by atoms with Crippen LogP contribution in [0.4, 0.5) is 0 Å². The Morgan fingerprint density at radius 3 is 2.22 bits per heavy atom. The second-order valence-corrected chi connectivity index (χ2v) is 6.35. The summed E-state index contributed by atoms with van der Waals surface area (Å²) in [6.07, 6.45) is 0. The Kier molecular flexibility index (Phi) is 3.95. The van der Waals surface area contributed by atoms with Gasteiger partial charge in [0.2, 0.25) is 0 Å². The maximum atomic E-state index is 12.9. The van der Waals surface area contributed by atoms with E-state index in [1.54, 1.807) is 4.68 Å². The zero-order chi connectivity index (χ0) is 16.6. The summed E-state index contributed by atoms with van der Waals surface area (Å²) in [6, 6.07) is 16.1. The Bertz CT molecular complexity index is 883. The largest absolute Gasteiger partial charge is 0.290 e. The first kappa shape index (κ1) is 15.3. The average Bonchev–Trinajstić information content (AvgIpc) is 2.86. The third-order valence-corrected chi connectivity index (χ3v) is 4.21. The number of H-pyrrole nitrogens is 1. The number of aromatic amines is 1. The molecule has 1 heterocycles. The van der Waals surface area contributed by atoms with Crippen LogP contribution in [0.3, 0.4) is 0 Å². The van der Waals surface area contributed by atoms with Crippen molar-refractivity contribution in [2.45, 2.75) is 33.6 Å². The molecule has 0 aliphatic rings. The van der Waals surface area contributed by atoms with E-state index in [2.05, 4.69) is 38.0 Å². The molecule has 0 spiro atoms. The van der Waals surface area contributed by atoms with Crippen molar-refractivity contribution in [3.63, 3.8) is 0 Å². The number of rotatable bonds is 3. The molecule has 0 aliphatic heterocycles. The van der Waals surface area contributed by atoms with E-state index >= 15 is 0 Å². The van der Waals surface area contributed by atoms with E-state index < -0.39 is 0 Å². The lowest BCUT2D eigenvalue weighted by molar-refractivity contribution is 0.825. The van der Waals surface area contributed by atoms with E-state index in [9.17, 15) is 4.79 Å². The minimum atomic E-state index is 0.0297. The Balaban J connectivity index is 2.25. The van der Waals surface area contributed by atoms with E-state index in [-0.39, 0.29) is 11.5 Å². The summed E-state index contributed by atoms with van der Waals surface area (Å²) in [4.78, 5) is 12.9. The lowest BCUT2D eigenvalue weighted by Gasteiger charge is -2.08. The average molecular weight is 306 g/mol. The zero-order valence-corrected chi connectivity index (χ0v) is 14.1. The van der Waals surface area contributed by atoms with Crippen molar-refractivity contribution >= 4 is 0 Å². The fourth-order valence-electron chi connectivity index (χ4n) is 2.92. The first-order chi connectivity index (χ1) is 11.0. The van der Waals surface area contributed by atoms with Gasteiger partial charge < -0.3 is 0 Å². The summed E-state index contributed by atoms with van der Waals surface area (Å²) >= 11 is 0. The molecule has 2 aromatic carbocycles. The molecule has 0 saturated carbocycles. The molecule has 3 aromatic rings. The van der Waals surface area contributed by atoms with Gasteiger partial charge in [0.05, 0.1) is 11.4 Å². The van der Waals surface area contributed by atoms with Gasteiger partial charge in [-0.05, 0) is 37.5 Å². The fraction of sp³-hybridized carbons (Fsp3) is 0.250. The van der Waals surface area contributed by atoms with Crippen LogP contribution in [-0.2, 0) is 0 Å². The summed E-state index contributed by atoms with van der Waals surface area (Å²) in [5.74, 6) is 0.153. The number of hydrogen-bond acceptors (Lipinski definition) is 1. The Hall–Kier alpha value is -2.55. The third-order valence-electron chi connectivity index (χ3n) is 4.21. The summed E-state index contributed by atoms with van der Waals surface area (Å²) in [5, 5.41) is 3.33. The molecule has 0 bridgehead atoms. The molecule has 0 amide bonds. The van der Waals surface area contributed by atoms with Gasteiger partial charge in [0.15, 0.2) is 0 Å². The van der Waals surface area contributed by atoms with Crippen molar-refractivity contribution in [2.75, 3.05) is 0 Å². The number of nitrogens with zero attached hydrogens (tertiary/aromatic N) is 1. The minimum Gasteiger partial charge on any atom is -0.290 e. The lowest BCUT2D eigenvalue weighted by atomic mass is 9.97. The molecule has 23 heavy (non-hydrogen) atoms. The predicted octanol–water partition coefficient (Wildman–Crippen LogP) is 4.57. The smallest absolute Gasteiger partial charge is 0.275 e. The number of benzene rings is 2. The number of hydrogen-bond donors (Lipinski definition) is 1. The van der Waals surface area contributed by atoms with Gasteiger partial charge in [0.25, 0.3) is 5.56 Å². The summed E-state index contributed by atoms with van der Waals surface area (Å²) in [6.45, 7) is 8.23. The van der Waals surface area contributed by atoms with Crippen LogP contribution in [0.15, 0.2) is 53.3 Å². The van der Waals surface area contributed by atoms with Crippen molar-refractivity contribution in [3.05, 3.63) is 75.6 Å². The summed E-state index contributed by atoms with van der Waals surface area (Å²) in [7, 11) is 0. The molecule has 0 radical (unpaired) electrons. The molecule has 118 valence electrons. The first-order valence-corrected chi connectivity index (χ1v) is 7.97. The number of aryl methyl sites for hydroxylation is 2. The molecule has 3 nitrogen and oxygen atoms in total. The van der Waals surface area contributed by atoms with Crippen molar-refractivity contribution in [1.82, 2.24) is 9.78 Å². The fourth-order valence-corrected chi connectivity index (χ4v) is 2.92. The zero-order valence-electron chi connectivity index (χ0n) is 14.1. The summed E-state index contributed by atoms with van der Waals surface area (Å²) < 4.78 is 1.65. The van der Waals surface area contributed by atoms with Crippen molar-refractivity contribution in [1.29, 1.82) is 0 Å². The van der Waals surface area contributed by atoms with E-state index in [1.807, 2.05) is 43.3 Å². The number of aromatic nitrogens is 2. The van der Waals surface area contributed by atoms with Crippen LogP contribution >= 0.6 is 0 Å². The van der Waals surface area contributed by atoms with Gasteiger partial charge in [-0.3, -0.25) is 9.89 Å². The summed E-state index contributed by atoms with van der Waals surface area (Å²) in [5.41, 5.74) is 6.07. The second kappa shape index (κ2) is 5.92. The van der Waals surface area contributed by atoms with Gasteiger partial charge >= 0.3 is 0 Å². The van der Waals surface area contributed by atoms with Gasteiger partial charge in [-0.2, -0.15) is 0 Å². The molecule has 0 unspecified atom stereocenters. The molecule has 3 heteroatoms. The van der Waals surface area contributed by atoms with Crippen LogP contribution in [0.5, 0.6) is 0 Å². The van der Waals surface area contributed by atoms with Crippen molar-refractivity contribution in [2.24, 2.45) is 0 Å². The van der Waals surface area contributed by atoms with Gasteiger partial charge in [0, 0.05) is 11.1 Å². The molecule has 0 fully saturated rings. The first-order valence-electron chi connectivity index (χ1n) is 7.97. The Morgan fingerprint density at radius 2 is 1.61 bits per heavy atom. The molecule has 0 atom stereocenters. The second-order valence-electron chi connectivity index (χ2n) is 6.35. The molecule has 1 aromatic heterocycles. The van der Waals surface area contributed by atoms with Crippen LogP contribution in [0.2, 0.25) is 0 Å². The van der Waals surface area contributed by atoms with E-state index in [4.69, 9.17) is 0 Å². The Labute approximate surface area is 136 Å². The van der Waals surface area contributed by atoms with Gasteiger partial charge in [0.1, 0.15) is 0 Å². The van der Waals surface area contributed by atoms with Crippen LogP contribution < -0.4 is 5.56 Å². The van der Waals surface area contributed by atoms with Crippen LogP contribution in [-0.4, -0.2) is 9.78 Å². The minimum absolute atomic E-state index is 0.0297. The van der Waals surface area contributed by atoms with Gasteiger partial charge in [-0.15, -0.1) is 0 Å². The van der Waals surface area contributed by atoms with Crippen LogP contribution in [0.1, 0.15) is 36.5 Å². The highest BCUT2D eigenvalue weighted by atomic mass is 16.1. The van der Waals surface area contributed by atoms with Gasteiger partial charge in [-0.25, -0.2) is 4.68 Å². The topological polar surface area (TPSA) is 37.8 Å². The van der Waals surface area contributed by atoms with E-state index in [0.717, 1.165) is 28.1 Å². The molecular formula is C20H22N2O. The Morgan fingerprint density at radius 1 is 0.957 bits per heavy atom. The van der Waals surface area contributed by atoms with Gasteiger partial charge in [-0.1, -0.05) is 55.8 Å². The van der Waals surface area contributed by atoms with Crippen LogP contribution in [0.25, 0.3) is 16.9 Å². The van der Waals surface area contributed by atoms with Crippen LogP contribution in [0, 0.1) is 13.8 Å².